The number of rotatable bonds is 12. The van der Waals surface area contributed by atoms with Gasteiger partial charge < -0.3 is 15.0 Å². The molecule has 1 atom stereocenters. The smallest absolute Gasteiger partial charge is 0.244 e. The summed E-state index contributed by atoms with van der Waals surface area (Å²) in [6.45, 7) is 9.60. The highest BCUT2D eigenvalue weighted by atomic mass is 32.2. The van der Waals surface area contributed by atoms with Gasteiger partial charge in [-0.3, -0.25) is 13.9 Å². The van der Waals surface area contributed by atoms with Gasteiger partial charge in [-0.25, -0.2) is 8.42 Å². The number of amides is 2. The monoisotopic (exact) mass is 503 g/mol. The molecule has 2 aromatic rings. The predicted molar refractivity (Wildman–Crippen MR) is 139 cm³/mol. The van der Waals surface area contributed by atoms with Crippen LogP contribution in [0.4, 0.5) is 5.69 Å². The van der Waals surface area contributed by atoms with Gasteiger partial charge in [0.25, 0.3) is 0 Å². The summed E-state index contributed by atoms with van der Waals surface area (Å²) < 4.78 is 31.9. The Labute approximate surface area is 209 Å². The maximum atomic E-state index is 13.7. The molecule has 1 N–H and O–H groups in total. The Bertz CT molecular complexity index is 1100. The molecule has 0 saturated carbocycles. The van der Waals surface area contributed by atoms with Crippen LogP contribution in [0.2, 0.25) is 0 Å². The van der Waals surface area contributed by atoms with Gasteiger partial charge in [0.15, 0.2) is 0 Å². The summed E-state index contributed by atoms with van der Waals surface area (Å²) in [5.41, 5.74) is 2.22. The van der Waals surface area contributed by atoms with Crippen molar-refractivity contribution >= 4 is 27.5 Å². The molecule has 2 rings (SSSR count). The van der Waals surface area contributed by atoms with Crippen LogP contribution in [0.3, 0.4) is 0 Å². The number of carbonyl (C=O) groups is 2. The molecule has 0 heterocycles. The van der Waals surface area contributed by atoms with Crippen LogP contribution in [-0.4, -0.2) is 56.6 Å². The van der Waals surface area contributed by atoms with E-state index in [0.717, 1.165) is 21.7 Å². The van der Waals surface area contributed by atoms with Crippen LogP contribution in [0.25, 0.3) is 0 Å². The van der Waals surface area contributed by atoms with E-state index in [-0.39, 0.29) is 18.5 Å². The fourth-order valence-corrected chi connectivity index (χ4v) is 4.61. The summed E-state index contributed by atoms with van der Waals surface area (Å²) in [6, 6.07) is 13.3. The van der Waals surface area contributed by atoms with Gasteiger partial charge in [0.1, 0.15) is 18.3 Å². The van der Waals surface area contributed by atoms with Crippen LogP contribution >= 0.6 is 0 Å². The van der Waals surface area contributed by atoms with Gasteiger partial charge in [-0.2, -0.15) is 0 Å². The molecular formula is C26H37N3O5S. The van der Waals surface area contributed by atoms with Crippen molar-refractivity contribution in [2.75, 3.05) is 23.7 Å². The van der Waals surface area contributed by atoms with Crippen LogP contribution in [0.1, 0.15) is 45.2 Å². The van der Waals surface area contributed by atoms with Crippen molar-refractivity contribution in [3.05, 3.63) is 59.7 Å². The number of anilines is 1. The zero-order chi connectivity index (χ0) is 26.2. The minimum Gasteiger partial charge on any atom is -0.494 e. The van der Waals surface area contributed by atoms with Gasteiger partial charge in [-0.05, 0) is 69.5 Å². The Morgan fingerprint density at radius 1 is 1.03 bits per heavy atom. The molecule has 0 fully saturated rings. The molecule has 2 amide bonds. The lowest BCUT2D eigenvalue weighted by Crippen LogP contribution is -2.53. The zero-order valence-electron chi connectivity index (χ0n) is 21.4. The minimum absolute atomic E-state index is 0.0941. The van der Waals surface area contributed by atoms with Gasteiger partial charge in [-0.15, -0.1) is 0 Å². The number of carbonyl (C=O) groups excluding carboxylic acids is 2. The molecule has 0 radical (unpaired) electrons. The second-order valence-electron chi connectivity index (χ2n) is 8.73. The average molecular weight is 504 g/mol. The van der Waals surface area contributed by atoms with Gasteiger partial charge in [0.2, 0.25) is 21.8 Å². The average Bonchev–Trinajstić information content (AvgIpc) is 2.78. The van der Waals surface area contributed by atoms with Gasteiger partial charge in [0.05, 0.1) is 18.6 Å². The summed E-state index contributed by atoms with van der Waals surface area (Å²) >= 11 is 0. The van der Waals surface area contributed by atoms with Crippen LogP contribution in [0, 0.1) is 6.92 Å². The van der Waals surface area contributed by atoms with E-state index in [1.807, 2.05) is 58.9 Å². The Morgan fingerprint density at radius 3 is 2.17 bits per heavy atom. The van der Waals surface area contributed by atoms with E-state index in [1.165, 1.54) is 4.90 Å². The molecule has 0 aliphatic carbocycles. The Hall–Kier alpha value is -3.07. The van der Waals surface area contributed by atoms with E-state index in [9.17, 15) is 18.0 Å². The second-order valence-corrected chi connectivity index (χ2v) is 10.6. The highest BCUT2D eigenvalue weighted by Crippen LogP contribution is 2.23. The van der Waals surface area contributed by atoms with Crippen LogP contribution in [0.5, 0.6) is 5.75 Å². The molecule has 192 valence electrons. The molecule has 35 heavy (non-hydrogen) atoms. The number of hydrogen-bond donors (Lipinski definition) is 1. The summed E-state index contributed by atoms with van der Waals surface area (Å²) in [7, 11) is -3.78. The van der Waals surface area contributed by atoms with Crippen molar-refractivity contribution in [1.82, 2.24) is 10.2 Å². The number of sulfonamides is 1. The van der Waals surface area contributed by atoms with Gasteiger partial charge >= 0.3 is 0 Å². The minimum atomic E-state index is -3.78. The maximum absolute atomic E-state index is 13.7. The van der Waals surface area contributed by atoms with Crippen molar-refractivity contribution in [2.45, 2.75) is 59.7 Å². The lowest BCUT2D eigenvalue weighted by atomic mass is 10.1. The largest absolute Gasteiger partial charge is 0.494 e. The van der Waals surface area contributed by atoms with Crippen molar-refractivity contribution < 1.29 is 22.7 Å². The van der Waals surface area contributed by atoms with E-state index in [4.69, 9.17) is 4.74 Å². The number of nitrogens with one attached hydrogen (secondary N) is 1. The predicted octanol–water partition coefficient (Wildman–Crippen LogP) is 3.49. The van der Waals surface area contributed by atoms with Crippen LogP contribution < -0.4 is 14.4 Å². The summed E-state index contributed by atoms with van der Waals surface area (Å²) in [4.78, 5) is 28.2. The Morgan fingerprint density at radius 2 is 1.66 bits per heavy atom. The van der Waals surface area contributed by atoms with Crippen molar-refractivity contribution in [3.63, 3.8) is 0 Å². The highest BCUT2D eigenvalue weighted by molar-refractivity contribution is 7.92. The molecule has 2 aromatic carbocycles. The molecule has 0 aromatic heterocycles. The third-order valence-electron chi connectivity index (χ3n) is 5.53. The number of aryl methyl sites for hydroxylation is 1. The lowest BCUT2D eigenvalue weighted by molar-refractivity contribution is -0.140. The molecule has 9 heteroatoms. The molecular weight excluding hydrogens is 466 g/mol. The van der Waals surface area contributed by atoms with Gasteiger partial charge in [-0.1, -0.05) is 31.2 Å². The first-order chi connectivity index (χ1) is 16.5. The molecule has 1 unspecified atom stereocenters. The number of ether oxygens (including phenoxy) is 1. The van der Waals surface area contributed by atoms with Crippen molar-refractivity contribution in [3.8, 4) is 5.75 Å². The number of benzene rings is 2. The van der Waals surface area contributed by atoms with Gasteiger partial charge in [0, 0.05) is 12.6 Å². The van der Waals surface area contributed by atoms with E-state index in [1.54, 1.807) is 24.3 Å². The fourth-order valence-electron chi connectivity index (χ4n) is 3.76. The van der Waals surface area contributed by atoms with E-state index < -0.39 is 28.5 Å². The molecule has 0 saturated heterocycles. The lowest BCUT2D eigenvalue weighted by Gasteiger charge is -2.33. The fraction of sp³-hybridized carbons (Fsp3) is 0.462. The molecule has 0 bridgehead atoms. The van der Waals surface area contributed by atoms with E-state index in [2.05, 4.69) is 5.32 Å². The first-order valence-electron chi connectivity index (χ1n) is 11.8. The first-order valence-corrected chi connectivity index (χ1v) is 13.7. The quantitative estimate of drug-likeness (QED) is 0.478. The summed E-state index contributed by atoms with van der Waals surface area (Å²) in [6.07, 6.45) is 1.45. The van der Waals surface area contributed by atoms with Crippen LogP contribution in [0.15, 0.2) is 48.5 Å². The third kappa shape index (κ3) is 7.99. The third-order valence-corrected chi connectivity index (χ3v) is 6.67. The highest BCUT2D eigenvalue weighted by Gasteiger charge is 2.32. The Kier molecular flexibility index (Phi) is 10.1. The zero-order valence-corrected chi connectivity index (χ0v) is 22.3. The van der Waals surface area contributed by atoms with Crippen LogP contribution in [-0.2, 0) is 26.2 Å². The SMILES string of the molecule is CCOc1ccc(N(CC(=O)N(Cc2ccccc2C)C(CC)C(=O)NC(C)C)S(C)(=O)=O)cc1. The standard InChI is InChI=1S/C26H37N3O5S/c1-7-24(26(31)27-19(3)4)28(17-21-12-10-9-11-20(21)5)25(30)18-29(35(6,32)33)22-13-15-23(16-14-22)34-8-2/h9-16,19,24H,7-8,17-18H2,1-6H3,(H,27,31). The maximum Gasteiger partial charge on any atom is 0.244 e. The van der Waals surface area contributed by atoms with Crippen molar-refractivity contribution in [1.29, 1.82) is 0 Å². The van der Waals surface area contributed by atoms with E-state index >= 15 is 0 Å². The van der Waals surface area contributed by atoms with Crippen molar-refractivity contribution in [2.24, 2.45) is 0 Å². The molecule has 8 nitrogen and oxygen atoms in total. The number of hydrogen-bond acceptors (Lipinski definition) is 5. The Balaban J connectivity index is 2.43. The molecule has 0 spiro atoms. The molecule has 0 aliphatic heterocycles. The van der Waals surface area contributed by atoms with E-state index in [0.29, 0.717) is 24.5 Å². The number of nitrogens with zero attached hydrogens (tertiary/aromatic N) is 2. The topological polar surface area (TPSA) is 96.0 Å². The summed E-state index contributed by atoms with van der Waals surface area (Å²) in [5.74, 6) is -0.122. The second kappa shape index (κ2) is 12.6. The molecule has 0 aliphatic rings. The summed E-state index contributed by atoms with van der Waals surface area (Å²) in [5, 5.41) is 2.88. The first kappa shape index (κ1) is 28.2. The normalized spacial score (nSPS) is 12.2.